The summed E-state index contributed by atoms with van der Waals surface area (Å²) >= 11 is 0. The Bertz CT molecular complexity index is 1110. The van der Waals surface area contributed by atoms with Crippen molar-refractivity contribution in [3.05, 3.63) is 71.9 Å². The molecule has 2 fully saturated rings. The molecule has 5 rings (SSSR count). The first-order valence-corrected chi connectivity index (χ1v) is 11.7. The molecule has 2 aliphatic heterocycles. The Labute approximate surface area is 199 Å². The number of aromatic nitrogens is 2. The lowest BCUT2D eigenvalue weighted by molar-refractivity contribution is 0.0746. The Kier molecular flexibility index (Phi) is 6.58. The fourth-order valence-corrected chi connectivity index (χ4v) is 4.21. The molecule has 0 unspecified atom stereocenters. The number of aryl methyl sites for hydroxylation is 1. The van der Waals surface area contributed by atoms with E-state index in [0.29, 0.717) is 37.5 Å². The highest BCUT2D eigenvalue weighted by Gasteiger charge is 2.24. The third-order valence-corrected chi connectivity index (χ3v) is 6.09. The van der Waals surface area contributed by atoms with Gasteiger partial charge in [-0.2, -0.15) is 4.98 Å². The fraction of sp³-hybridized carbons (Fsp3) is 0.346. The van der Waals surface area contributed by atoms with Crippen LogP contribution in [0.4, 0.5) is 11.8 Å². The molecule has 0 radical (unpaired) electrons. The van der Waals surface area contributed by atoms with Crippen LogP contribution in [0.2, 0.25) is 0 Å². The quantitative estimate of drug-likeness (QED) is 0.579. The minimum absolute atomic E-state index is 0.0325. The zero-order chi connectivity index (χ0) is 23.3. The van der Waals surface area contributed by atoms with Gasteiger partial charge in [0.05, 0.1) is 13.2 Å². The molecule has 2 aromatic carbocycles. The number of rotatable bonds is 5. The second-order valence-corrected chi connectivity index (χ2v) is 8.49. The Morgan fingerprint density at radius 1 is 0.824 bits per heavy atom. The maximum Gasteiger partial charge on any atom is 0.253 e. The highest BCUT2D eigenvalue weighted by molar-refractivity contribution is 5.94. The van der Waals surface area contributed by atoms with E-state index in [4.69, 9.17) is 14.5 Å². The van der Waals surface area contributed by atoms with Crippen LogP contribution >= 0.6 is 0 Å². The smallest absolute Gasteiger partial charge is 0.253 e. The van der Waals surface area contributed by atoms with E-state index in [1.165, 1.54) is 0 Å². The van der Waals surface area contributed by atoms with E-state index in [-0.39, 0.29) is 5.91 Å². The van der Waals surface area contributed by atoms with Gasteiger partial charge in [0.2, 0.25) is 5.95 Å². The van der Waals surface area contributed by atoms with Crippen molar-refractivity contribution in [3.8, 4) is 11.5 Å². The summed E-state index contributed by atoms with van der Waals surface area (Å²) < 4.78 is 11.3. The van der Waals surface area contributed by atoms with Gasteiger partial charge in [-0.1, -0.05) is 18.2 Å². The average Bonchev–Trinajstić information content (AvgIpc) is 2.90. The number of benzene rings is 2. The first kappa shape index (κ1) is 22.2. The number of para-hydroxylation sites is 1. The summed E-state index contributed by atoms with van der Waals surface area (Å²) in [6.45, 7) is 7.79. The van der Waals surface area contributed by atoms with Gasteiger partial charge in [-0.15, -0.1) is 0 Å². The molecule has 1 aromatic heterocycles. The molecule has 176 valence electrons. The number of piperazine rings is 1. The normalized spacial score (nSPS) is 16.4. The highest BCUT2D eigenvalue weighted by Crippen LogP contribution is 2.23. The van der Waals surface area contributed by atoms with Crippen LogP contribution in [0.25, 0.3) is 0 Å². The summed E-state index contributed by atoms with van der Waals surface area (Å²) in [7, 11) is 0. The largest absolute Gasteiger partial charge is 0.457 e. The Hall–Kier alpha value is -3.65. The number of hydrogen-bond donors (Lipinski definition) is 0. The van der Waals surface area contributed by atoms with E-state index in [1.54, 1.807) is 0 Å². The molecule has 0 saturated carbocycles. The van der Waals surface area contributed by atoms with Crippen molar-refractivity contribution in [1.82, 2.24) is 14.9 Å². The van der Waals surface area contributed by atoms with Crippen molar-refractivity contribution in [1.29, 1.82) is 0 Å². The number of hydrogen-bond acceptors (Lipinski definition) is 7. The summed E-state index contributed by atoms with van der Waals surface area (Å²) in [6.07, 6.45) is 0. The Balaban J connectivity index is 1.20. The van der Waals surface area contributed by atoms with Gasteiger partial charge >= 0.3 is 0 Å². The van der Waals surface area contributed by atoms with E-state index >= 15 is 0 Å². The van der Waals surface area contributed by atoms with Gasteiger partial charge < -0.3 is 24.2 Å². The van der Waals surface area contributed by atoms with Crippen molar-refractivity contribution in [2.75, 3.05) is 62.3 Å². The van der Waals surface area contributed by atoms with Crippen LogP contribution in [0.5, 0.6) is 11.5 Å². The van der Waals surface area contributed by atoms with Crippen LogP contribution in [-0.2, 0) is 4.74 Å². The third kappa shape index (κ3) is 5.12. The van der Waals surface area contributed by atoms with Crippen LogP contribution in [0, 0.1) is 6.92 Å². The molecule has 0 N–H and O–H groups in total. The van der Waals surface area contributed by atoms with Crippen LogP contribution < -0.4 is 14.5 Å². The van der Waals surface area contributed by atoms with Gasteiger partial charge in [-0.3, -0.25) is 4.79 Å². The van der Waals surface area contributed by atoms with E-state index in [2.05, 4.69) is 14.8 Å². The lowest BCUT2D eigenvalue weighted by atomic mass is 10.1. The maximum absolute atomic E-state index is 13.0. The van der Waals surface area contributed by atoms with Gasteiger partial charge in [0.1, 0.15) is 17.3 Å². The lowest BCUT2D eigenvalue weighted by Gasteiger charge is -2.35. The second-order valence-electron chi connectivity index (χ2n) is 8.49. The topological polar surface area (TPSA) is 71.0 Å². The van der Waals surface area contributed by atoms with Crippen molar-refractivity contribution >= 4 is 17.7 Å². The zero-order valence-electron chi connectivity index (χ0n) is 19.4. The van der Waals surface area contributed by atoms with Crippen molar-refractivity contribution in [2.24, 2.45) is 0 Å². The Morgan fingerprint density at radius 2 is 1.50 bits per heavy atom. The minimum Gasteiger partial charge on any atom is -0.457 e. The number of amides is 1. The number of morpholine rings is 1. The molecule has 2 saturated heterocycles. The molecule has 0 spiro atoms. The van der Waals surface area contributed by atoms with Crippen LogP contribution in [0.1, 0.15) is 16.1 Å². The van der Waals surface area contributed by atoms with Gasteiger partial charge in [0, 0.05) is 56.6 Å². The zero-order valence-corrected chi connectivity index (χ0v) is 19.4. The number of ether oxygens (including phenoxy) is 2. The molecule has 0 atom stereocenters. The summed E-state index contributed by atoms with van der Waals surface area (Å²) in [4.78, 5) is 28.8. The molecule has 0 aliphatic carbocycles. The fourth-order valence-electron chi connectivity index (χ4n) is 4.21. The van der Waals surface area contributed by atoms with E-state index in [0.717, 1.165) is 49.5 Å². The predicted molar refractivity (Wildman–Crippen MR) is 131 cm³/mol. The molecule has 34 heavy (non-hydrogen) atoms. The molecule has 3 heterocycles. The minimum atomic E-state index is 0.0325. The van der Waals surface area contributed by atoms with E-state index in [1.807, 2.05) is 72.5 Å². The van der Waals surface area contributed by atoms with Crippen LogP contribution in [0.15, 0.2) is 60.7 Å². The number of carbonyl (C=O) groups excluding carboxylic acids is 1. The molecule has 8 heteroatoms. The average molecular weight is 460 g/mol. The van der Waals surface area contributed by atoms with Crippen molar-refractivity contribution < 1.29 is 14.3 Å². The van der Waals surface area contributed by atoms with Gasteiger partial charge in [0.25, 0.3) is 5.91 Å². The highest BCUT2D eigenvalue weighted by atomic mass is 16.5. The van der Waals surface area contributed by atoms with Gasteiger partial charge in [-0.25, -0.2) is 4.98 Å². The second kappa shape index (κ2) is 10.1. The summed E-state index contributed by atoms with van der Waals surface area (Å²) in [6, 6.07) is 19.0. The van der Waals surface area contributed by atoms with Gasteiger partial charge in [0.15, 0.2) is 0 Å². The number of anilines is 2. The molecule has 0 bridgehead atoms. The first-order chi connectivity index (χ1) is 16.7. The molecule has 1 amide bonds. The summed E-state index contributed by atoms with van der Waals surface area (Å²) in [5, 5.41) is 0. The molecular weight excluding hydrogens is 430 g/mol. The third-order valence-electron chi connectivity index (χ3n) is 6.09. The van der Waals surface area contributed by atoms with Crippen molar-refractivity contribution in [2.45, 2.75) is 6.92 Å². The monoisotopic (exact) mass is 459 g/mol. The number of carbonyl (C=O) groups is 1. The van der Waals surface area contributed by atoms with E-state index in [9.17, 15) is 4.79 Å². The lowest BCUT2D eigenvalue weighted by Crippen LogP contribution is -2.49. The molecule has 2 aliphatic rings. The maximum atomic E-state index is 13.0. The first-order valence-electron chi connectivity index (χ1n) is 11.7. The molecule has 3 aromatic rings. The number of nitrogens with zero attached hydrogens (tertiary/aromatic N) is 5. The summed E-state index contributed by atoms with van der Waals surface area (Å²) in [5.41, 5.74) is 1.61. The Morgan fingerprint density at radius 3 is 2.21 bits per heavy atom. The predicted octanol–water partition coefficient (Wildman–Crippen LogP) is 3.38. The van der Waals surface area contributed by atoms with Crippen LogP contribution in [0.3, 0.4) is 0 Å². The SMILES string of the molecule is Cc1cc(N2CCOCC2)nc(N2CCN(C(=O)c3ccc(Oc4ccccc4)cc3)CC2)n1. The van der Waals surface area contributed by atoms with Crippen LogP contribution in [-0.4, -0.2) is 73.3 Å². The van der Waals surface area contributed by atoms with Crippen molar-refractivity contribution in [3.63, 3.8) is 0 Å². The standard InChI is InChI=1S/C26H29N5O3/c1-20-19-24(29-15-17-33-18-16-29)28-26(27-20)31-13-11-30(12-14-31)25(32)21-7-9-23(10-8-21)34-22-5-3-2-4-6-22/h2-10,19H,11-18H2,1H3. The molecule has 8 nitrogen and oxygen atoms in total. The molecular formula is C26H29N5O3. The van der Waals surface area contributed by atoms with E-state index < -0.39 is 0 Å². The van der Waals surface area contributed by atoms with Gasteiger partial charge in [-0.05, 0) is 43.3 Å². The summed E-state index contributed by atoms with van der Waals surface area (Å²) in [5.74, 6) is 3.19.